The van der Waals surface area contributed by atoms with Gasteiger partial charge in [-0.2, -0.15) is 0 Å². The molecule has 0 aromatic carbocycles. The van der Waals surface area contributed by atoms with Crippen molar-refractivity contribution in [3.05, 3.63) is 0 Å². The first-order chi connectivity index (χ1) is 3.79. The smallest absolute Gasteiger partial charge is 0.0136 e. The highest BCUT2D eigenvalue weighted by molar-refractivity contribution is 5.01. The summed E-state index contributed by atoms with van der Waals surface area (Å²) in [6.45, 7) is 2.37. The molecule has 2 bridgehead atoms. The minimum atomic E-state index is 0.958. The summed E-state index contributed by atoms with van der Waals surface area (Å²) in [5.41, 5.74) is 0. The lowest BCUT2D eigenvalue weighted by atomic mass is 10.0. The Kier molecular flexibility index (Phi) is 0.762. The Labute approximate surface area is 50.7 Å². The highest BCUT2D eigenvalue weighted by Crippen LogP contribution is 2.42. The Morgan fingerprint density at radius 1 is 1.38 bits per heavy atom. The van der Waals surface area contributed by atoms with Crippen molar-refractivity contribution in [2.45, 2.75) is 31.8 Å². The van der Waals surface area contributed by atoms with Crippen LogP contribution in [0.2, 0.25) is 0 Å². The molecule has 0 aromatic heterocycles. The maximum atomic E-state index is 2.52. The minimum absolute atomic E-state index is 0.958. The second-order valence-corrected chi connectivity index (χ2v) is 3.34. The molecule has 1 saturated carbocycles. The topological polar surface area (TPSA) is 3.24 Å². The summed E-state index contributed by atoms with van der Waals surface area (Å²) >= 11 is 0. The molecule has 3 atom stereocenters. The average Bonchev–Trinajstić information content (AvgIpc) is 2.19. The van der Waals surface area contributed by atoms with E-state index in [0.717, 1.165) is 18.0 Å². The van der Waals surface area contributed by atoms with Crippen LogP contribution in [0.25, 0.3) is 0 Å². The fourth-order valence-corrected chi connectivity index (χ4v) is 2.23. The van der Waals surface area contributed by atoms with Crippen molar-refractivity contribution in [2.24, 2.45) is 5.92 Å². The van der Waals surface area contributed by atoms with Crippen LogP contribution in [0, 0.1) is 5.92 Å². The van der Waals surface area contributed by atoms with E-state index in [-0.39, 0.29) is 0 Å². The summed E-state index contributed by atoms with van der Waals surface area (Å²) in [7, 11) is 2.25. The molecular weight excluding hydrogens is 98.1 g/mol. The second-order valence-electron chi connectivity index (χ2n) is 3.34. The molecule has 1 heteroatoms. The van der Waals surface area contributed by atoms with E-state index in [1.165, 1.54) is 12.8 Å². The Hall–Kier alpha value is -0.0400. The van der Waals surface area contributed by atoms with Gasteiger partial charge in [-0.3, -0.25) is 0 Å². The molecule has 0 amide bonds. The van der Waals surface area contributed by atoms with Gasteiger partial charge in [0.1, 0.15) is 0 Å². The van der Waals surface area contributed by atoms with Crippen LogP contribution in [0.1, 0.15) is 19.8 Å². The van der Waals surface area contributed by atoms with E-state index >= 15 is 0 Å². The largest absolute Gasteiger partial charge is 0.300 e. The third-order valence-corrected chi connectivity index (χ3v) is 2.91. The van der Waals surface area contributed by atoms with Crippen LogP contribution in [0.15, 0.2) is 0 Å². The van der Waals surface area contributed by atoms with Crippen LogP contribution in [0.3, 0.4) is 0 Å². The summed E-state index contributed by atoms with van der Waals surface area (Å²) < 4.78 is 0. The maximum Gasteiger partial charge on any atom is 0.0136 e. The van der Waals surface area contributed by atoms with Gasteiger partial charge in [0, 0.05) is 12.1 Å². The molecule has 0 aromatic rings. The molecular formula is C7H13N. The second kappa shape index (κ2) is 1.27. The molecule has 2 aliphatic heterocycles. The van der Waals surface area contributed by atoms with Crippen LogP contribution in [-0.2, 0) is 0 Å². The van der Waals surface area contributed by atoms with Gasteiger partial charge in [-0.05, 0) is 25.8 Å². The number of hydrogen-bond acceptors (Lipinski definition) is 1. The van der Waals surface area contributed by atoms with Gasteiger partial charge in [0.25, 0.3) is 0 Å². The van der Waals surface area contributed by atoms with Crippen molar-refractivity contribution in [1.29, 1.82) is 0 Å². The summed E-state index contributed by atoms with van der Waals surface area (Å²) in [5.74, 6) is 0.991. The molecule has 1 aliphatic carbocycles. The lowest BCUT2D eigenvalue weighted by Gasteiger charge is -2.37. The first-order valence-electron chi connectivity index (χ1n) is 3.51. The van der Waals surface area contributed by atoms with E-state index in [9.17, 15) is 0 Å². The Balaban J connectivity index is 2.13. The number of nitrogens with zero attached hydrogens (tertiary/aromatic N) is 1. The fourth-order valence-electron chi connectivity index (χ4n) is 2.23. The van der Waals surface area contributed by atoms with Crippen LogP contribution in [0.5, 0.6) is 0 Å². The van der Waals surface area contributed by atoms with E-state index in [2.05, 4.69) is 18.9 Å². The molecule has 8 heavy (non-hydrogen) atoms. The lowest BCUT2D eigenvalue weighted by Crippen LogP contribution is -2.46. The number of rotatable bonds is 0. The van der Waals surface area contributed by atoms with Crippen molar-refractivity contribution in [3.8, 4) is 0 Å². The predicted molar refractivity (Wildman–Crippen MR) is 33.7 cm³/mol. The van der Waals surface area contributed by atoms with Gasteiger partial charge in [0.2, 0.25) is 0 Å². The van der Waals surface area contributed by atoms with Gasteiger partial charge >= 0.3 is 0 Å². The fraction of sp³-hybridized carbons (Fsp3) is 1.00. The molecule has 1 nitrogen and oxygen atoms in total. The molecule has 0 N–H and O–H groups in total. The Bertz CT molecular complexity index is 107. The van der Waals surface area contributed by atoms with Crippen LogP contribution < -0.4 is 0 Å². The first kappa shape index (κ1) is 4.80. The van der Waals surface area contributed by atoms with Crippen LogP contribution in [0.4, 0.5) is 0 Å². The molecule has 46 valence electrons. The van der Waals surface area contributed by atoms with Crippen molar-refractivity contribution in [1.82, 2.24) is 4.90 Å². The van der Waals surface area contributed by atoms with E-state index in [4.69, 9.17) is 0 Å². The van der Waals surface area contributed by atoms with Gasteiger partial charge in [-0.15, -0.1) is 0 Å². The molecule has 0 spiro atoms. The van der Waals surface area contributed by atoms with Crippen LogP contribution in [-0.4, -0.2) is 24.0 Å². The molecule has 3 rings (SSSR count). The molecule has 3 aliphatic rings. The van der Waals surface area contributed by atoms with E-state index in [1.54, 1.807) is 0 Å². The van der Waals surface area contributed by atoms with E-state index in [0.29, 0.717) is 0 Å². The summed E-state index contributed by atoms with van der Waals surface area (Å²) in [6, 6.07) is 1.93. The Morgan fingerprint density at radius 3 is 2.25 bits per heavy atom. The molecule has 2 saturated heterocycles. The molecule has 0 radical (unpaired) electrons. The highest BCUT2D eigenvalue weighted by atomic mass is 15.3. The number of hydrogen-bond donors (Lipinski definition) is 0. The predicted octanol–water partition coefficient (Wildman–Crippen LogP) is 1.10. The zero-order valence-corrected chi connectivity index (χ0v) is 5.59. The van der Waals surface area contributed by atoms with Crippen LogP contribution >= 0.6 is 0 Å². The summed E-state index contributed by atoms with van der Waals surface area (Å²) in [6.07, 6.45) is 2.94. The third kappa shape index (κ3) is 0.368. The SMILES string of the molecule is CC1C[C@@H]2C[C@H]1N2C. The zero-order valence-electron chi connectivity index (χ0n) is 5.59. The highest BCUT2D eigenvalue weighted by Gasteiger charge is 2.46. The van der Waals surface area contributed by atoms with Crippen molar-refractivity contribution < 1.29 is 0 Å². The molecule has 2 heterocycles. The van der Waals surface area contributed by atoms with Gasteiger partial charge in [-0.25, -0.2) is 0 Å². The Morgan fingerprint density at radius 2 is 2.12 bits per heavy atom. The number of fused-ring (bicyclic) bond motifs is 1. The van der Waals surface area contributed by atoms with Gasteiger partial charge < -0.3 is 4.90 Å². The molecule has 3 fully saturated rings. The monoisotopic (exact) mass is 111 g/mol. The quantitative estimate of drug-likeness (QED) is 0.452. The minimum Gasteiger partial charge on any atom is -0.300 e. The van der Waals surface area contributed by atoms with Gasteiger partial charge in [-0.1, -0.05) is 6.92 Å². The van der Waals surface area contributed by atoms with Crippen molar-refractivity contribution in [2.75, 3.05) is 7.05 Å². The summed E-state index contributed by atoms with van der Waals surface area (Å²) in [5, 5.41) is 0. The van der Waals surface area contributed by atoms with Crippen molar-refractivity contribution >= 4 is 0 Å². The third-order valence-electron chi connectivity index (χ3n) is 2.91. The molecule has 1 unspecified atom stereocenters. The van der Waals surface area contributed by atoms with E-state index < -0.39 is 0 Å². The van der Waals surface area contributed by atoms with Crippen molar-refractivity contribution in [3.63, 3.8) is 0 Å². The average molecular weight is 111 g/mol. The normalized spacial score (nSPS) is 54.0. The summed E-state index contributed by atoms with van der Waals surface area (Å²) in [4.78, 5) is 2.52. The van der Waals surface area contributed by atoms with Gasteiger partial charge in [0.05, 0.1) is 0 Å². The lowest BCUT2D eigenvalue weighted by molar-refractivity contribution is 0.103. The maximum absolute atomic E-state index is 2.52. The first-order valence-corrected chi connectivity index (χ1v) is 3.51. The van der Waals surface area contributed by atoms with Gasteiger partial charge in [0.15, 0.2) is 0 Å². The standard InChI is InChI=1S/C7H13N/c1-5-3-6-4-7(5)8(6)2/h5-7H,3-4H2,1-2H3/t5?,6-,7-/m1/s1. The zero-order chi connectivity index (χ0) is 5.72. The van der Waals surface area contributed by atoms with E-state index in [1.807, 2.05) is 0 Å².